The normalized spacial score (nSPS) is 19.1. The number of fused-ring (bicyclic) bond motifs is 1. The van der Waals surface area contributed by atoms with Gasteiger partial charge in [0.2, 0.25) is 0 Å². The van der Waals surface area contributed by atoms with E-state index in [9.17, 15) is 22.0 Å². The van der Waals surface area contributed by atoms with Crippen LogP contribution in [0.4, 0.5) is 22.0 Å². The smallest absolute Gasteiger partial charge is 0.372 e. The summed E-state index contributed by atoms with van der Waals surface area (Å²) in [6, 6.07) is 7.64. The molecule has 0 bridgehead atoms. The minimum atomic E-state index is -4.72. The van der Waals surface area contributed by atoms with E-state index >= 15 is 0 Å². The topological polar surface area (TPSA) is 34.1 Å². The van der Waals surface area contributed by atoms with E-state index in [1.807, 2.05) is 0 Å². The molecule has 0 unspecified atom stereocenters. The molecule has 0 amide bonds. The van der Waals surface area contributed by atoms with Crippen LogP contribution in [0.1, 0.15) is 29.5 Å². The predicted molar refractivity (Wildman–Crippen MR) is 102 cm³/mol. The Morgan fingerprint density at radius 3 is 2.57 bits per heavy atom. The van der Waals surface area contributed by atoms with E-state index < -0.39 is 17.6 Å². The van der Waals surface area contributed by atoms with Crippen molar-refractivity contribution in [3.05, 3.63) is 77.1 Å². The maximum absolute atomic E-state index is 14.3. The fraction of sp³-hybridized carbons (Fsp3) is 0.318. The summed E-state index contributed by atoms with van der Waals surface area (Å²) >= 11 is 0. The molecular weight excluding hydrogens is 403 g/mol. The highest BCUT2D eigenvalue weighted by molar-refractivity contribution is 5.84. The maximum atomic E-state index is 14.3. The molecule has 0 aliphatic heterocycles. The number of pyridine rings is 1. The van der Waals surface area contributed by atoms with Crippen LogP contribution in [0.15, 0.2) is 48.8 Å². The van der Waals surface area contributed by atoms with E-state index in [1.165, 1.54) is 12.1 Å². The average molecular weight is 422 g/mol. The number of rotatable bonds is 6. The predicted octanol–water partition coefficient (Wildman–Crippen LogP) is 5.37. The first-order chi connectivity index (χ1) is 14.3. The summed E-state index contributed by atoms with van der Waals surface area (Å²) < 4.78 is 71.7. The second-order valence-corrected chi connectivity index (χ2v) is 7.35. The fourth-order valence-corrected chi connectivity index (χ4v) is 3.60. The van der Waals surface area contributed by atoms with Gasteiger partial charge in [0, 0.05) is 35.9 Å². The number of nitrogens with one attached hydrogen (secondary N) is 1. The molecule has 8 heteroatoms. The average Bonchev–Trinajstić information content (AvgIpc) is 2.68. The monoisotopic (exact) mass is 422 g/mol. The number of halogens is 5. The molecular formula is C22H19F5N2O. The van der Waals surface area contributed by atoms with Gasteiger partial charge in [-0.3, -0.25) is 4.98 Å². The molecule has 158 valence electrons. The van der Waals surface area contributed by atoms with Crippen LogP contribution in [0.2, 0.25) is 0 Å². The van der Waals surface area contributed by atoms with Gasteiger partial charge in [-0.05, 0) is 54.1 Å². The van der Waals surface area contributed by atoms with Crippen LogP contribution < -0.4 is 5.32 Å². The lowest BCUT2D eigenvalue weighted by Crippen LogP contribution is -2.49. The third kappa shape index (κ3) is 4.29. The molecule has 3 aromatic rings. The van der Waals surface area contributed by atoms with E-state index in [1.54, 1.807) is 24.5 Å². The Morgan fingerprint density at radius 2 is 1.87 bits per heavy atom. The summed E-state index contributed by atoms with van der Waals surface area (Å²) in [5.41, 5.74) is -0.411. The summed E-state index contributed by atoms with van der Waals surface area (Å²) in [5.74, 6) is -1.62. The van der Waals surface area contributed by atoms with Crippen LogP contribution in [0.25, 0.3) is 10.8 Å². The SMILES string of the molecule is Fc1cc(CO[C@@H]2CC[C@H]2NCc2c(F)ccc3cnccc23)ccc1C(F)(F)F. The van der Waals surface area contributed by atoms with E-state index in [-0.39, 0.29) is 24.6 Å². The van der Waals surface area contributed by atoms with Crippen LogP contribution >= 0.6 is 0 Å². The van der Waals surface area contributed by atoms with Gasteiger partial charge in [-0.15, -0.1) is 0 Å². The number of hydrogen-bond acceptors (Lipinski definition) is 3. The van der Waals surface area contributed by atoms with Crippen molar-refractivity contribution in [2.24, 2.45) is 0 Å². The molecule has 1 aromatic heterocycles. The quantitative estimate of drug-likeness (QED) is 0.543. The Bertz CT molecular complexity index is 1050. The van der Waals surface area contributed by atoms with E-state index in [4.69, 9.17) is 4.74 Å². The van der Waals surface area contributed by atoms with Gasteiger partial charge in [-0.1, -0.05) is 6.07 Å². The molecule has 30 heavy (non-hydrogen) atoms. The number of nitrogens with zero attached hydrogens (tertiary/aromatic N) is 1. The first kappa shape index (κ1) is 20.7. The molecule has 3 nitrogen and oxygen atoms in total. The lowest BCUT2D eigenvalue weighted by Gasteiger charge is -2.37. The minimum Gasteiger partial charge on any atom is -0.372 e. The summed E-state index contributed by atoms with van der Waals surface area (Å²) in [6.45, 7) is 0.318. The van der Waals surface area contributed by atoms with E-state index in [2.05, 4.69) is 10.3 Å². The summed E-state index contributed by atoms with van der Waals surface area (Å²) in [7, 11) is 0. The van der Waals surface area contributed by atoms with E-state index in [0.29, 0.717) is 17.7 Å². The molecule has 1 aliphatic rings. The van der Waals surface area contributed by atoms with Crippen molar-refractivity contribution >= 4 is 10.8 Å². The van der Waals surface area contributed by atoms with Gasteiger partial charge in [-0.2, -0.15) is 13.2 Å². The molecule has 1 N–H and O–H groups in total. The molecule has 2 aromatic carbocycles. The molecule has 0 saturated heterocycles. The van der Waals surface area contributed by atoms with Crippen molar-refractivity contribution in [2.75, 3.05) is 0 Å². The van der Waals surface area contributed by atoms with Gasteiger partial charge in [0.05, 0.1) is 18.3 Å². The second kappa shape index (κ2) is 8.28. The fourth-order valence-electron chi connectivity index (χ4n) is 3.60. The maximum Gasteiger partial charge on any atom is 0.419 e. The number of ether oxygens (including phenoxy) is 1. The minimum absolute atomic E-state index is 0.00615. The Morgan fingerprint density at radius 1 is 1.03 bits per heavy atom. The first-order valence-corrected chi connectivity index (χ1v) is 9.54. The number of alkyl halides is 3. The molecule has 0 radical (unpaired) electrons. The van der Waals surface area contributed by atoms with Crippen LogP contribution in [-0.4, -0.2) is 17.1 Å². The summed E-state index contributed by atoms with van der Waals surface area (Å²) in [4.78, 5) is 4.04. The Hall–Kier alpha value is -2.58. The molecule has 1 aliphatic carbocycles. The van der Waals surface area contributed by atoms with Crippen LogP contribution in [0.5, 0.6) is 0 Å². The van der Waals surface area contributed by atoms with Crippen LogP contribution in [0, 0.1) is 11.6 Å². The highest BCUT2D eigenvalue weighted by atomic mass is 19.4. The van der Waals surface area contributed by atoms with Crippen molar-refractivity contribution in [1.82, 2.24) is 10.3 Å². The van der Waals surface area contributed by atoms with Gasteiger partial charge < -0.3 is 10.1 Å². The zero-order chi connectivity index (χ0) is 21.3. The lowest BCUT2D eigenvalue weighted by molar-refractivity contribution is -0.140. The lowest BCUT2D eigenvalue weighted by atomic mass is 9.88. The largest absolute Gasteiger partial charge is 0.419 e. The summed E-state index contributed by atoms with van der Waals surface area (Å²) in [6.07, 6.45) is -0.00204. The van der Waals surface area contributed by atoms with Gasteiger partial charge in [0.25, 0.3) is 0 Å². The molecule has 1 fully saturated rings. The van der Waals surface area contributed by atoms with Crippen LogP contribution in [0.3, 0.4) is 0 Å². The Kier molecular flexibility index (Phi) is 5.71. The van der Waals surface area contributed by atoms with Crippen LogP contribution in [-0.2, 0) is 24.1 Å². The number of benzene rings is 2. The molecule has 1 saturated carbocycles. The number of hydrogen-bond donors (Lipinski definition) is 1. The van der Waals surface area contributed by atoms with Crippen molar-refractivity contribution in [3.63, 3.8) is 0 Å². The Balaban J connectivity index is 1.35. The third-order valence-electron chi connectivity index (χ3n) is 5.43. The second-order valence-electron chi connectivity index (χ2n) is 7.35. The van der Waals surface area contributed by atoms with E-state index in [0.717, 1.165) is 35.7 Å². The summed E-state index contributed by atoms with van der Waals surface area (Å²) in [5, 5.41) is 4.92. The Labute approximate surface area is 169 Å². The molecule has 4 rings (SSSR count). The highest BCUT2D eigenvalue weighted by Gasteiger charge is 2.34. The first-order valence-electron chi connectivity index (χ1n) is 9.54. The standard InChI is InChI=1S/C22H19F5N2O/c23-18-4-2-14-10-28-8-7-15(14)16(18)11-29-20-5-6-21(20)30-12-13-1-3-17(19(24)9-13)22(25,26)27/h1-4,7-10,20-21,29H,5-6,11-12H2/t20-,21-/m1/s1. The van der Waals surface area contributed by atoms with Gasteiger partial charge in [0.1, 0.15) is 11.6 Å². The third-order valence-corrected chi connectivity index (χ3v) is 5.43. The molecule has 1 heterocycles. The van der Waals surface area contributed by atoms with Crippen molar-refractivity contribution < 1.29 is 26.7 Å². The highest BCUT2D eigenvalue weighted by Crippen LogP contribution is 2.32. The molecule has 0 spiro atoms. The van der Waals surface area contributed by atoms with Gasteiger partial charge in [-0.25, -0.2) is 8.78 Å². The molecule has 2 atom stereocenters. The van der Waals surface area contributed by atoms with Crippen molar-refractivity contribution in [3.8, 4) is 0 Å². The van der Waals surface area contributed by atoms with Crippen molar-refractivity contribution in [2.45, 2.75) is 44.3 Å². The zero-order valence-electron chi connectivity index (χ0n) is 15.8. The van der Waals surface area contributed by atoms with Gasteiger partial charge in [0.15, 0.2) is 0 Å². The zero-order valence-corrected chi connectivity index (χ0v) is 15.8. The van der Waals surface area contributed by atoms with Crippen molar-refractivity contribution in [1.29, 1.82) is 0 Å². The number of aromatic nitrogens is 1. The van der Waals surface area contributed by atoms with Gasteiger partial charge >= 0.3 is 6.18 Å².